The molecule has 2 aromatic carbocycles. The van der Waals surface area contributed by atoms with E-state index in [0.717, 1.165) is 10.5 Å². The van der Waals surface area contributed by atoms with Gasteiger partial charge in [-0.15, -0.1) is 11.8 Å². The van der Waals surface area contributed by atoms with Crippen LogP contribution >= 0.6 is 11.8 Å². The topological polar surface area (TPSA) is 108 Å². The summed E-state index contributed by atoms with van der Waals surface area (Å²) in [6.07, 6.45) is 3.09. The van der Waals surface area contributed by atoms with Gasteiger partial charge in [-0.05, 0) is 73.0 Å². The van der Waals surface area contributed by atoms with Gasteiger partial charge in [0, 0.05) is 29.0 Å². The van der Waals surface area contributed by atoms with Crippen LogP contribution < -0.4 is 10.6 Å². The molecule has 1 unspecified atom stereocenters. The fourth-order valence-electron chi connectivity index (χ4n) is 6.83. The van der Waals surface area contributed by atoms with Gasteiger partial charge in [-0.3, -0.25) is 10.1 Å². The second-order valence-corrected chi connectivity index (χ2v) is 12.1. The summed E-state index contributed by atoms with van der Waals surface area (Å²) in [5, 5.41) is 27.5. The first-order valence-corrected chi connectivity index (χ1v) is 14.6. The average molecular weight is 541 g/mol. The normalized spacial score (nSPS) is 30.7. The van der Waals surface area contributed by atoms with Crippen molar-refractivity contribution in [3.05, 3.63) is 60.2 Å². The van der Waals surface area contributed by atoms with Gasteiger partial charge in [-0.1, -0.05) is 50.2 Å². The van der Waals surface area contributed by atoms with Gasteiger partial charge in [0.15, 0.2) is 0 Å². The van der Waals surface area contributed by atoms with E-state index >= 15 is 0 Å². The zero-order valence-corrected chi connectivity index (χ0v) is 23.3. The van der Waals surface area contributed by atoms with Crippen LogP contribution in [0.1, 0.15) is 51.5 Å². The van der Waals surface area contributed by atoms with Gasteiger partial charge in [0.1, 0.15) is 6.10 Å². The Morgan fingerprint density at radius 1 is 1.08 bits per heavy atom. The number of fused-ring (bicyclic) bond motifs is 1. The van der Waals surface area contributed by atoms with E-state index < -0.39 is 23.7 Å². The maximum absolute atomic E-state index is 13.0. The van der Waals surface area contributed by atoms with Crippen molar-refractivity contribution in [2.75, 3.05) is 18.2 Å². The number of hydrogen-bond acceptors (Lipinski definition) is 6. The summed E-state index contributed by atoms with van der Waals surface area (Å²) in [6.45, 7) is 4.41. The summed E-state index contributed by atoms with van der Waals surface area (Å²) in [6, 6.07) is 17.3. The lowest BCUT2D eigenvalue weighted by molar-refractivity contribution is -0.185. The molecule has 0 heterocycles. The van der Waals surface area contributed by atoms with Crippen molar-refractivity contribution >= 4 is 29.4 Å². The molecule has 2 aliphatic rings. The van der Waals surface area contributed by atoms with Crippen LogP contribution in [0.4, 0.5) is 10.5 Å². The number of nitrogens with one attached hydrogen (secondary N) is 2. The number of rotatable bonds is 8. The van der Waals surface area contributed by atoms with Crippen molar-refractivity contribution in [3.63, 3.8) is 0 Å². The number of benzene rings is 2. The van der Waals surface area contributed by atoms with E-state index in [1.54, 1.807) is 11.8 Å². The molecular weight excluding hydrogens is 500 g/mol. The first-order valence-electron chi connectivity index (χ1n) is 13.4. The highest BCUT2D eigenvalue weighted by Gasteiger charge is 2.60. The first kappa shape index (κ1) is 28.5. The molecule has 4 N–H and O–H groups in total. The number of hydrogen-bond donors (Lipinski definition) is 4. The predicted molar refractivity (Wildman–Crippen MR) is 150 cm³/mol. The van der Waals surface area contributed by atoms with Crippen molar-refractivity contribution in [1.82, 2.24) is 5.32 Å². The molecule has 7 nitrogen and oxygen atoms in total. The highest BCUT2D eigenvalue weighted by atomic mass is 32.2. The van der Waals surface area contributed by atoms with Crippen molar-refractivity contribution in [2.24, 2.45) is 22.7 Å². The Bertz CT molecular complexity index is 1110. The minimum atomic E-state index is -0.690. The molecule has 38 heavy (non-hydrogen) atoms. The van der Waals surface area contributed by atoms with E-state index in [1.807, 2.05) is 67.8 Å². The third kappa shape index (κ3) is 6.03. The molecule has 0 aromatic heterocycles. The summed E-state index contributed by atoms with van der Waals surface area (Å²) in [4.78, 5) is 26.9. The van der Waals surface area contributed by atoms with Gasteiger partial charge in [0.2, 0.25) is 5.91 Å². The van der Waals surface area contributed by atoms with E-state index in [2.05, 4.69) is 17.6 Å². The van der Waals surface area contributed by atoms with Crippen molar-refractivity contribution in [1.29, 1.82) is 0 Å². The molecule has 0 saturated heterocycles. The molecule has 2 saturated carbocycles. The molecule has 0 bridgehead atoms. The maximum atomic E-state index is 13.0. The SMILES string of the molecule is CSc1cccc(NC(=O)O[C@@H]2CC[C@]3(C)C(CC[C@@H](O)[C@H]3CC(=O)NCc3ccccc3)[C@]2(C)CO)c1. The molecule has 0 radical (unpaired) electrons. The summed E-state index contributed by atoms with van der Waals surface area (Å²) in [7, 11) is 0. The van der Waals surface area contributed by atoms with Crippen LogP contribution in [0, 0.1) is 22.7 Å². The largest absolute Gasteiger partial charge is 0.445 e. The standard InChI is InChI=1S/C30H40N2O5S/c1-29-15-14-26(37-28(36)32-21-10-7-11-22(16-21)38-3)30(2,19-33)25(29)13-12-24(34)23(29)17-27(35)31-18-20-8-5-4-6-9-20/h4-11,16,23-26,33-34H,12-15,17-19H2,1-3H3,(H,31,35)(H,32,36)/t23-,24-,25?,26-,29+,30+/m1/s1. The van der Waals surface area contributed by atoms with Crippen LogP contribution in [0.15, 0.2) is 59.5 Å². The van der Waals surface area contributed by atoms with Crippen molar-refractivity contribution in [3.8, 4) is 0 Å². The summed E-state index contributed by atoms with van der Waals surface area (Å²) in [5.74, 6) is -0.343. The van der Waals surface area contributed by atoms with Crippen LogP contribution in [0.3, 0.4) is 0 Å². The van der Waals surface area contributed by atoms with Crippen LogP contribution in [0.2, 0.25) is 0 Å². The van der Waals surface area contributed by atoms with Gasteiger partial charge in [-0.25, -0.2) is 4.79 Å². The summed E-state index contributed by atoms with van der Waals surface area (Å²) in [5.41, 5.74) is 0.626. The first-order chi connectivity index (χ1) is 18.2. The zero-order valence-electron chi connectivity index (χ0n) is 22.5. The Morgan fingerprint density at radius 3 is 2.55 bits per heavy atom. The van der Waals surface area contributed by atoms with Gasteiger partial charge in [-0.2, -0.15) is 0 Å². The predicted octanol–water partition coefficient (Wildman–Crippen LogP) is 5.22. The fourth-order valence-corrected chi connectivity index (χ4v) is 7.29. The van der Waals surface area contributed by atoms with E-state index in [1.165, 1.54) is 0 Å². The number of anilines is 1. The molecule has 0 aliphatic heterocycles. The van der Waals surface area contributed by atoms with Gasteiger partial charge in [0.05, 0.1) is 12.7 Å². The van der Waals surface area contributed by atoms with Crippen LogP contribution in [0.25, 0.3) is 0 Å². The lowest BCUT2D eigenvalue weighted by atomic mass is 9.46. The van der Waals surface area contributed by atoms with Gasteiger partial charge >= 0.3 is 6.09 Å². The van der Waals surface area contributed by atoms with E-state index in [9.17, 15) is 19.8 Å². The lowest BCUT2D eigenvalue weighted by Gasteiger charge is -2.60. The molecule has 8 heteroatoms. The number of aliphatic hydroxyl groups is 2. The quantitative estimate of drug-likeness (QED) is 0.342. The zero-order chi connectivity index (χ0) is 27.3. The second kappa shape index (κ2) is 12.1. The van der Waals surface area contributed by atoms with E-state index in [-0.39, 0.29) is 36.2 Å². The third-order valence-corrected chi connectivity index (χ3v) is 9.70. The Labute approximate surface area is 229 Å². The Hall–Kier alpha value is -2.55. The number of amides is 2. The van der Waals surface area contributed by atoms with Crippen LogP contribution in [-0.2, 0) is 16.1 Å². The molecule has 206 valence electrons. The highest BCUT2D eigenvalue weighted by molar-refractivity contribution is 7.98. The molecule has 0 spiro atoms. The molecule has 6 atom stereocenters. The van der Waals surface area contributed by atoms with E-state index in [4.69, 9.17) is 4.74 Å². The molecular formula is C30H40N2O5S. The summed E-state index contributed by atoms with van der Waals surface area (Å²) < 4.78 is 5.94. The second-order valence-electron chi connectivity index (χ2n) is 11.2. The lowest BCUT2D eigenvalue weighted by Crippen LogP contribution is -2.61. The summed E-state index contributed by atoms with van der Waals surface area (Å²) >= 11 is 1.59. The van der Waals surface area contributed by atoms with Gasteiger partial charge < -0.3 is 20.3 Å². The number of carbonyl (C=O) groups is 2. The number of aliphatic hydroxyl groups excluding tert-OH is 2. The smallest absolute Gasteiger partial charge is 0.411 e. The molecule has 2 aliphatic carbocycles. The molecule has 4 rings (SSSR count). The Kier molecular flexibility index (Phi) is 9.06. The number of thioether (sulfide) groups is 1. The number of ether oxygens (including phenoxy) is 1. The monoisotopic (exact) mass is 540 g/mol. The van der Waals surface area contributed by atoms with E-state index in [0.29, 0.717) is 37.9 Å². The molecule has 2 fully saturated rings. The van der Waals surface area contributed by atoms with Crippen molar-refractivity contribution < 1.29 is 24.5 Å². The molecule has 2 amide bonds. The van der Waals surface area contributed by atoms with Gasteiger partial charge in [0.25, 0.3) is 0 Å². The minimum Gasteiger partial charge on any atom is -0.445 e. The third-order valence-electron chi connectivity index (χ3n) is 8.98. The average Bonchev–Trinajstić information content (AvgIpc) is 2.92. The Morgan fingerprint density at radius 2 is 1.84 bits per heavy atom. The Balaban J connectivity index is 1.45. The fraction of sp³-hybridized carbons (Fsp3) is 0.533. The highest BCUT2D eigenvalue weighted by Crippen LogP contribution is 2.61. The minimum absolute atomic E-state index is 0.0123. The maximum Gasteiger partial charge on any atom is 0.411 e. The number of carbonyl (C=O) groups excluding carboxylic acids is 2. The van der Waals surface area contributed by atoms with Crippen LogP contribution in [-0.4, -0.2) is 47.3 Å². The van der Waals surface area contributed by atoms with Crippen LogP contribution in [0.5, 0.6) is 0 Å². The van der Waals surface area contributed by atoms with Crippen molar-refractivity contribution in [2.45, 2.75) is 69.6 Å². The molecule has 2 aromatic rings.